The van der Waals surface area contributed by atoms with E-state index >= 15 is 0 Å². The van der Waals surface area contributed by atoms with Crippen LogP contribution in [0.5, 0.6) is 0 Å². The molecule has 3 aromatic carbocycles. The van der Waals surface area contributed by atoms with Crippen LogP contribution in [0.3, 0.4) is 0 Å². The molecule has 1 N–H and O–H groups in total. The number of carbonyl (C=O) groups is 1. The Balaban J connectivity index is 1.44. The van der Waals surface area contributed by atoms with Crippen LogP contribution in [0, 0.1) is 12.7 Å². The van der Waals surface area contributed by atoms with Gasteiger partial charge in [-0.3, -0.25) is 10.2 Å². The third-order valence-electron chi connectivity index (χ3n) is 6.40. The van der Waals surface area contributed by atoms with Crippen LogP contribution in [0.25, 0.3) is 0 Å². The van der Waals surface area contributed by atoms with Gasteiger partial charge in [-0.15, -0.1) is 0 Å². The van der Waals surface area contributed by atoms with Gasteiger partial charge in [0.05, 0.1) is 11.4 Å². The highest BCUT2D eigenvalue weighted by molar-refractivity contribution is 6.06. The number of aryl methyl sites for hydroxylation is 1. The molecule has 0 bridgehead atoms. The predicted octanol–water partition coefficient (Wildman–Crippen LogP) is 6.72. The summed E-state index contributed by atoms with van der Waals surface area (Å²) < 4.78 is 19.4. The number of halogens is 1. The van der Waals surface area contributed by atoms with Crippen LogP contribution in [-0.2, 0) is 19.5 Å². The van der Waals surface area contributed by atoms with E-state index in [4.69, 9.17) is 4.42 Å². The number of carbonyl (C=O) groups excluding carboxylic acids is 1. The predicted molar refractivity (Wildman–Crippen MR) is 139 cm³/mol. The number of amides is 1. The Labute approximate surface area is 210 Å². The Morgan fingerprint density at radius 2 is 1.53 bits per heavy atom. The van der Waals surface area contributed by atoms with Crippen molar-refractivity contribution >= 4 is 17.3 Å². The van der Waals surface area contributed by atoms with Crippen LogP contribution in [0.4, 0.5) is 10.1 Å². The Hall–Kier alpha value is -4.19. The van der Waals surface area contributed by atoms with Crippen LogP contribution in [0.2, 0.25) is 0 Å². The number of hydrogen-bond donors (Lipinski definition) is 1. The minimum Gasteiger partial charge on any atom is -0.455 e. The van der Waals surface area contributed by atoms with Gasteiger partial charge in [0.15, 0.2) is 5.76 Å². The summed E-state index contributed by atoms with van der Waals surface area (Å²) in [5.41, 5.74) is 8.39. The molecule has 1 heterocycles. The maximum atomic E-state index is 13.9. The van der Waals surface area contributed by atoms with E-state index in [0.717, 1.165) is 53.0 Å². The van der Waals surface area contributed by atoms with Crippen molar-refractivity contribution in [2.75, 3.05) is 5.43 Å². The number of rotatable bonds is 7. The molecule has 0 spiro atoms. The van der Waals surface area contributed by atoms with Gasteiger partial charge in [-0.05, 0) is 55.2 Å². The van der Waals surface area contributed by atoms with Crippen molar-refractivity contribution in [1.29, 1.82) is 0 Å². The average molecular weight is 482 g/mol. The topological polar surface area (TPSA) is 57.8 Å². The number of nitrogens with one attached hydrogen (secondary N) is 1. The SMILES string of the molecule is Cc1c(C(=O)N(Cc2ccccc2)Cc2ccccc2)oc2c1/C(=N/Nc1ccc(F)cc1)CCC2. The van der Waals surface area contributed by atoms with E-state index in [2.05, 4.69) is 10.5 Å². The zero-order chi connectivity index (χ0) is 24.9. The first-order chi connectivity index (χ1) is 17.6. The smallest absolute Gasteiger partial charge is 0.290 e. The third kappa shape index (κ3) is 5.23. The summed E-state index contributed by atoms with van der Waals surface area (Å²) in [6.45, 7) is 2.89. The largest absolute Gasteiger partial charge is 0.455 e. The van der Waals surface area contributed by atoms with Crippen LogP contribution in [0.1, 0.15) is 51.4 Å². The van der Waals surface area contributed by atoms with E-state index in [-0.39, 0.29) is 11.7 Å². The molecule has 182 valence electrons. The maximum Gasteiger partial charge on any atom is 0.290 e. The third-order valence-corrected chi connectivity index (χ3v) is 6.40. The molecule has 0 atom stereocenters. The fourth-order valence-corrected chi connectivity index (χ4v) is 4.59. The number of anilines is 1. The zero-order valence-electron chi connectivity index (χ0n) is 20.2. The van der Waals surface area contributed by atoms with E-state index in [9.17, 15) is 9.18 Å². The normalized spacial score (nSPS) is 13.9. The van der Waals surface area contributed by atoms with Gasteiger partial charge < -0.3 is 9.32 Å². The molecule has 4 aromatic rings. The lowest BCUT2D eigenvalue weighted by molar-refractivity contribution is 0.0694. The Kier molecular flexibility index (Phi) is 6.94. The van der Waals surface area contributed by atoms with Gasteiger partial charge in [-0.25, -0.2) is 4.39 Å². The first kappa shape index (κ1) is 23.5. The molecule has 36 heavy (non-hydrogen) atoms. The Bertz CT molecular complexity index is 1320. The van der Waals surface area contributed by atoms with E-state index in [1.54, 1.807) is 12.1 Å². The summed E-state index contributed by atoms with van der Waals surface area (Å²) in [6, 6.07) is 26.0. The molecule has 1 aliphatic rings. The second kappa shape index (κ2) is 10.6. The van der Waals surface area contributed by atoms with Gasteiger partial charge in [0.1, 0.15) is 11.6 Å². The molecule has 0 saturated heterocycles. The molecule has 1 aliphatic carbocycles. The number of fused-ring (bicyclic) bond motifs is 1. The summed E-state index contributed by atoms with van der Waals surface area (Å²) in [7, 11) is 0. The fraction of sp³-hybridized carbons (Fsp3) is 0.200. The highest BCUT2D eigenvalue weighted by Gasteiger charge is 2.30. The Morgan fingerprint density at radius 1 is 0.917 bits per heavy atom. The van der Waals surface area contributed by atoms with E-state index in [1.165, 1.54) is 12.1 Å². The zero-order valence-corrected chi connectivity index (χ0v) is 20.2. The summed E-state index contributed by atoms with van der Waals surface area (Å²) in [4.78, 5) is 15.7. The lowest BCUT2D eigenvalue weighted by atomic mass is 9.93. The lowest BCUT2D eigenvalue weighted by Gasteiger charge is -2.22. The highest BCUT2D eigenvalue weighted by atomic mass is 19.1. The van der Waals surface area contributed by atoms with Crippen LogP contribution in [-0.4, -0.2) is 16.5 Å². The molecule has 5 nitrogen and oxygen atoms in total. The molecule has 1 aromatic heterocycles. The van der Waals surface area contributed by atoms with Crippen molar-refractivity contribution in [3.05, 3.63) is 125 Å². The first-order valence-corrected chi connectivity index (χ1v) is 12.2. The number of benzene rings is 3. The van der Waals surface area contributed by atoms with Gasteiger partial charge in [0.25, 0.3) is 5.91 Å². The van der Waals surface area contributed by atoms with Crippen molar-refractivity contribution in [2.45, 2.75) is 39.3 Å². The standard InChI is InChI=1S/C30H28FN3O2/c1-21-28-26(33-32-25-17-15-24(31)16-18-25)13-8-14-27(28)36-29(21)30(35)34(19-22-9-4-2-5-10-22)20-23-11-6-3-7-12-23/h2-7,9-12,15-18,32H,8,13-14,19-20H2,1H3/b33-26+. The molecule has 5 rings (SSSR count). The molecule has 0 unspecified atom stereocenters. The van der Waals surface area contributed by atoms with E-state index in [1.807, 2.05) is 72.5 Å². The molecule has 0 radical (unpaired) electrons. The molecule has 6 heteroatoms. The van der Waals surface area contributed by atoms with Crippen molar-refractivity contribution in [3.8, 4) is 0 Å². The second-order valence-corrected chi connectivity index (χ2v) is 9.02. The van der Waals surface area contributed by atoms with E-state index < -0.39 is 0 Å². The van der Waals surface area contributed by atoms with Gasteiger partial charge in [0.2, 0.25) is 0 Å². The lowest BCUT2D eigenvalue weighted by Crippen LogP contribution is -2.30. The molecule has 0 aliphatic heterocycles. The first-order valence-electron chi connectivity index (χ1n) is 12.2. The van der Waals surface area contributed by atoms with Gasteiger partial charge in [-0.1, -0.05) is 60.7 Å². The molecule has 0 saturated carbocycles. The quantitative estimate of drug-likeness (QED) is 0.298. The van der Waals surface area contributed by atoms with Crippen molar-refractivity contribution in [3.63, 3.8) is 0 Å². The van der Waals surface area contributed by atoms with Crippen LogP contribution >= 0.6 is 0 Å². The number of nitrogens with zero attached hydrogens (tertiary/aromatic N) is 2. The minimum absolute atomic E-state index is 0.138. The fourth-order valence-electron chi connectivity index (χ4n) is 4.59. The number of hydrogen-bond acceptors (Lipinski definition) is 4. The average Bonchev–Trinajstić information content (AvgIpc) is 3.25. The Morgan fingerprint density at radius 3 is 2.14 bits per heavy atom. The molecular weight excluding hydrogens is 453 g/mol. The number of hydrazone groups is 1. The second-order valence-electron chi connectivity index (χ2n) is 9.02. The monoisotopic (exact) mass is 481 g/mol. The van der Waals surface area contributed by atoms with Crippen LogP contribution < -0.4 is 5.43 Å². The van der Waals surface area contributed by atoms with Gasteiger partial charge >= 0.3 is 0 Å². The summed E-state index contributed by atoms with van der Waals surface area (Å²) in [5.74, 6) is 0.724. The summed E-state index contributed by atoms with van der Waals surface area (Å²) in [6.07, 6.45) is 2.42. The van der Waals surface area contributed by atoms with Gasteiger partial charge in [0, 0.05) is 30.6 Å². The van der Waals surface area contributed by atoms with Crippen molar-refractivity contribution in [1.82, 2.24) is 4.90 Å². The molecular formula is C30H28FN3O2. The maximum absolute atomic E-state index is 13.9. The summed E-state index contributed by atoms with van der Waals surface area (Å²) in [5, 5.41) is 4.60. The molecule has 1 amide bonds. The summed E-state index contributed by atoms with van der Waals surface area (Å²) >= 11 is 0. The number of furan rings is 1. The van der Waals surface area contributed by atoms with E-state index in [0.29, 0.717) is 24.5 Å². The molecule has 0 fully saturated rings. The van der Waals surface area contributed by atoms with Crippen molar-refractivity contribution in [2.24, 2.45) is 5.10 Å². The van der Waals surface area contributed by atoms with Gasteiger partial charge in [-0.2, -0.15) is 5.10 Å². The van der Waals surface area contributed by atoms with Crippen molar-refractivity contribution < 1.29 is 13.6 Å². The minimum atomic E-state index is -0.294. The van der Waals surface area contributed by atoms with Crippen LogP contribution in [0.15, 0.2) is 94.4 Å². The highest BCUT2D eigenvalue weighted by Crippen LogP contribution is 2.31.